The molecule has 0 bridgehead atoms. The number of amides is 2. The van der Waals surface area contributed by atoms with Gasteiger partial charge in [-0.25, -0.2) is 0 Å². The van der Waals surface area contributed by atoms with Crippen LogP contribution in [-0.2, 0) is 9.53 Å². The molecule has 124 valence electrons. The van der Waals surface area contributed by atoms with Crippen LogP contribution in [0.15, 0.2) is 18.2 Å². The lowest BCUT2D eigenvalue weighted by atomic mass is 10.0. The first kappa shape index (κ1) is 16.0. The van der Waals surface area contributed by atoms with Crippen molar-refractivity contribution in [2.75, 3.05) is 32.8 Å². The predicted molar refractivity (Wildman–Crippen MR) is 87.4 cm³/mol. The minimum Gasteiger partial charge on any atom is -0.368 e. The van der Waals surface area contributed by atoms with Crippen LogP contribution >= 0.6 is 0 Å². The maximum atomic E-state index is 12.7. The largest absolute Gasteiger partial charge is 0.368 e. The Morgan fingerprint density at radius 3 is 2.39 bits per heavy atom. The molecule has 1 unspecified atom stereocenters. The summed E-state index contributed by atoms with van der Waals surface area (Å²) in [5.74, 6) is 0.146. The van der Waals surface area contributed by atoms with Gasteiger partial charge >= 0.3 is 0 Å². The van der Waals surface area contributed by atoms with E-state index in [1.54, 1.807) is 0 Å². The van der Waals surface area contributed by atoms with Crippen molar-refractivity contribution in [1.82, 2.24) is 9.80 Å². The van der Waals surface area contributed by atoms with E-state index in [0.717, 1.165) is 29.5 Å². The fourth-order valence-corrected chi connectivity index (χ4v) is 3.33. The van der Waals surface area contributed by atoms with Crippen LogP contribution in [0.5, 0.6) is 0 Å². The lowest BCUT2D eigenvalue weighted by Gasteiger charge is -2.36. The van der Waals surface area contributed by atoms with Crippen LogP contribution in [0.25, 0.3) is 0 Å². The first-order valence-electron chi connectivity index (χ1n) is 8.33. The summed E-state index contributed by atoms with van der Waals surface area (Å²) >= 11 is 0. The summed E-state index contributed by atoms with van der Waals surface area (Å²) in [6, 6.07) is 5.90. The van der Waals surface area contributed by atoms with E-state index in [1.807, 2.05) is 41.8 Å². The van der Waals surface area contributed by atoms with Crippen molar-refractivity contribution >= 4 is 11.8 Å². The highest BCUT2D eigenvalue weighted by molar-refractivity contribution is 5.96. The molecular formula is C18H24N2O3. The number of hydrogen-bond donors (Lipinski definition) is 0. The van der Waals surface area contributed by atoms with Gasteiger partial charge in [-0.15, -0.1) is 0 Å². The number of hydrogen-bond acceptors (Lipinski definition) is 3. The number of piperazine rings is 1. The summed E-state index contributed by atoms with van der Waals surface area (Å²) in [5.41, 5.74) is 2.92. The Labute approximate surface area is 137 Å². The van der Waals surface area contributed by atoms with Crippen LogP contribution < -0.4 is 0 Å². The standard InChI is InChI=1S/C18H24N2O3/c1-13-5-6-15(14(2)12-13)17(21)19-7-9-20(10-8-19)18(22)16-4-3-11-23-16/h5-6,12,16H,3-4,7-11H2,1-2H3. The molecule has 0 aromatic heterocycles. The molecule has 0 N–H and O–H groups in total. The van der Waals surface area contributed by atoms with Gasteiger partial charge in [0.25, 0.3) is 11.8 Å². The number of nitrogens with zero attached hydrogens (tertiary/aromatic N) is 2. The second kappa shape index (κ2) is 6.71. The zero-order valence-corrected chi connectivity index (χ0v) is 13.9. The van der Waals surface area contributed by atoms with Crippen molar-refractivity contribution in [1.29, 1.82) is 0 Å². The van der Waals surface area contributed by atoms with Crippen LogP contribution in [-0.4, -0.2) is 60.5 Å². The Morgan fingerprint density at radius 2 is 1.78 bits per heavy atom. The number of ether oxygens (including phenoxy) is 1. The Morgan fingerprint density at radius 1 is 1.09 bits per heavy atom. The van der Waals surface area contributed by atoms with Gasteiger partial charge in [0.15, 0.2) is 0 Å². The molecule has 23 heavy (non-hydrogen) atoms. The van der Waals surface area contributed by atoms with E-state index in [0.29, 0.717) is 32.8 Å². The molecule has 2 heterocycles. The third-order valence-electron chi connectivity index (χ3n) is 4.70. The Balaban J connectivity index is 1.60. The summed E-state index contributed by atoms with van der Waals surface area (Å²) < 4.78 is 5.47. The zero-order valence-electron chi connectivity index (χ0n) is 13.9. The molecule has 0 spiro atoms. The first-order valence-corrected chi connectivity index (χ1v) is 8.33. The van der Waals surface area contributed by atoms with Gasteiger partial charge in [-0.1, -0.05) is 17.7 Å². The van der Waals surface area contributed by atoms with Gasteiger partial charge in [-0.2, -0.15) is 0 Å². The molecule has 2 aliphatic rings. The molecule has 2 fully saturated rings. The quantitative estimate of drug-likeness (QED) is 0.835. The van der Waals surface area contributed by atoms with Crippen LogP contribution in [0.1, 0.15) is 34.3 Å². The van der Waals surface area contributed by atoms with Crippen molar-refractivity contribution < 1.29 is 14.3 Å². The molecule has 0 radical (unpaired) electrons. The van der Waals surface area contributed by atoms with E-state index in [2.05, 4.69) is 0 Å². The van der Waals surface area contributed by atoms with Gasteiger partial charge in [0, 0.05) is 38.3 Å². The molecule has 0 aliphatic carbocycles. The average molecular weight is 316 g/mol. The number of carbonyl (C=O) groups is 2. The summed E-state index contributed by atoms with van der Waals surface area (Å²) in [6.45, 7) is 7.04. The molecule has 1 aromatic carbocycles. The molecule has 5 nitrogen and oxygen atoms in total. The third-order valence-corrected chi connectivity index (χ3v) is 4.70. The molecule has 0 saturated carbocycles. The van der Waals surface area contributed by atoms with E-state index >= 15 is 0 Å². The predicted octanol–water partition coefficient (Wildman–Crippen LogP) is 1.77. The lowest BCUT2D eigenvalue weighted by Crippen LogP contribution is -2.52. The van der Waals surface area contributed by atoms with Gasteiger partial charge < -0.3 is 14.5 Å². The zero-order chi connectivity index (χ0) is 16.4. The van der Waals surface area contributed by atoms with Gasteiger partial charge in [0.05, 0.1) is 0 Å². The fraction of sp³-hybridized carbons (Fsp3) is 0.556. The van der Waals surface area contributed by atoms with Crippen molar-refractivity contribution in [2.24, 2.45) is 0 Å². The summed E-state index contributed by atoms with van der Waals surface area (Å²) in [7, 11) is 0. The van der Waals surface area contributed by atoms with Crippen LogP contribution in [0.4, 0.5) is 0 Å². The molecule has 3 rings (SSSR count). The smallest absolute Gasteiger partial charge is 0.254 e. The second-order valence-electron chi connectivity index (χ2n) is 6.44. The molecule has 2 saturated heterocycles. The fourth-order valence-electron chi connectivity index (χ4n) is 3.33. The summed E-state index contributed by atoms with van der Waals surface area (Å²) in [4.78, 5) is 28.7. The molecule has 2 amide bonds. The topological polar surface area (TPSA) is 49.9 Å². The van der Waals surface area contributed by atoms with Crippen molar-refractivity contribution in [3.8, 4) is 0 Å². The minimum absolute atomic E-state index is 0.0618. The molecule has 1 atom stereocenters. The maximum absolute atomic E-state index is 12.7. The van der Waals surface area contributed by atoms with Crippen molar-refractivity contribution in [3.63, 3.8) is 0 Å². The Kier molecular flexibility index (Phi) is 4.66. The second-order valence-corrected chi connectivity index (χ2v) is 6.44. The number of aryl methyl sites for hydroxylation is 2. The highest BCUT2D eigenvalue weighted by Crippen LogP contribution is 2.18. The normalized spacial score (nSPS) is 21.6. The highest BCUT2D eigenvalue weighted by atomic mass is 16.5. The van der Waals surface area contributed by atoms with Crippen molar-refractivity contribution in [3.05, 3.63) is 34.9 Å². The van der Waals surface area contributed by atoms with Gasteiger partial charge in [-0.05, 0) is 38.3 Å². The SMILES string of the molecule is Cc1ccc(C(=O)N2CCN(C(=O)C3CCCO3)CC2)c(C)c1. The van der Waals surface area contributed by atoms with Gasteiger partial charge in [-0.3, -0.25) is 9.59 Å². The third kappa shape index (κ3) is 3.39. The summed E-state index contributed by atoms with van der Waals surface area (Å²) in [5, 5.41) is 0. The van der Waals surface area contributed by atoms with Gasteiger partial charge in [0.2, 0.25) is 0 Å². The van der Waals surface area contributed by atoms with Crippen molar-refractivity contribution in [2.45, 2.75) is 32.8 Å². The summed E-state index contributed by atoms with van der Waals surface area (Å²) in [6.07, 6.45) is 1.51. The number of benzene rings is 1. The van der Waals surface area contributed by atoms with Gasteiger partial charge in [0.1, 0.15) is 6.10 Å². The average Bonchev–Trinajstić information content (AvgIpc) is 3.08. The van der Waals surface area contributed by atoms with Crippen LogP contribution in [0.2, 0.25) is 0 Å². The highest BCUT2D eigenvalue weighted by Gasteiger charge is 2.31. The number of carbonyl (C=O) groups excluding carboxylic acids is 2. The van der Waals surface area contributed by atoms with E-state index in [-0.39, 0.29) is 17.9 Å². The Hall–Kier alpha value is -1.88. The maximum Gasteiger partial charge on any atom is 0.254 e. The van der Waals surface area contributed by atoms with E-state index in [1.165, 1.54) is 0 Å². The molecular weight excluding hydrogens is 292 g/mol. The molecule has 2 aliphatic heterocycles. The van der Waals surface area contributed by atoms with Crippen LogP contribution in [0.3, 0.4) is 0 Å². The molecule has 5 heteroatoms. The minimum atomic E-state index is -0.267. The first-order chi connectivity index (χ1) is 11.1. The lowest BCUT2D eigenvalue weighted by molar-refractivity contribution is -0.142. The number of rotatable bonds is 2. The van der Waals surface area contributed by atoms with E-state index in [4.69, 9.17) is 4.74 Å². The van der Waals surface area contributed by atoms with E-state index < -0.39 is 0 Å². The van der Waals surface area contributed by atoms with Crippen LogP contribution in [0, 0.1) is 13.8 Å². The monoisotopic (exact) mass is 316 g/mol. The van der Waals surface area contributed by atoms with E-state index in [9.17, 15) is 9.59 Å². The Bertz CT molecular complexity index is 600. The molecule has 1 aromatic rings.